The maximum Gasteiger partial charge on any atom is 0.312 e. The minimum absolute atomic E-state index is 0.187. The second-order valence-corrected chi connectivity index (χ2v) is 6.93. The van der Waals surface area contributed by atoms with Crippen molar-refractivity contribution in [1.29, 1.82) is 0 Å². The number of anilines is 1. The number of carbonyl (C=O) groups is 3. The lowest BCUT2D eigenvalue weighted by molar-refractivity contribution is -0.153. The average Bonchev–Trinajstić information content (AvgIpc) is 2.68. The van der Waals surface area contributed by atoms with Gasteiger partial charge in [0.05, 0.1) is 12.5 Å². The number of hydrogen-bond acceptors (Lipinski definition) is 4. The monoisotopic (exact) mass is 417 g/mol. The fourth-order valence-electron chi connectivity index (χ4n) is 2.65. The van der Waals surface area contributed by atoms with Crippen LogP contribution in [-0.2, 0) is 20.7 Å². The number of hydrogen-bond donors (Lipinski definition) is 3. The van der Waals surface area contributed by atoms with Crippen molar-refractivity contribution in [1.82, 2.24) is 5.32 Å². The Kier molecular flexibility index (Phi) is 8.03. The number of aryl methyl sites for hydroxylation is 1. The summed E-state index contributed by atoms with van der Waals surface area (Å²) in [6.07, 6.45) is -0.295. The fraction of sp³-hybridized carbons (Fsp3) is 0.286. The van der Waals surface area contributed by atoms with Crippen LogP contribution in [0, 0.1) is 0 Å². The number of primary amides is 1. The Morgan fingerprint density at radius 1 is 1.07 bits per heavy atom. The molecule has 4 N–H and O–H groups in total. The third-order valence-corrected chi connectivity index (χ3v) is 4.52. The number of ether oxygens (including phenoxy) is 1. The van der Waals surface area contributed by atoms with Gasteiger partial charge in [-0.05, 0) is 48.7 Å². The van der Waals surface area contributed by atoms with Crippen LogP contribution in [0.15, 0.2) is 48.5 Å². The van der Waals surface area contributed by atoms with E-state index in [0.29, 0.717) is 16.3 Å². The van der Waals surface area contributed by atoms with Gasteiger partial charge in [-0.15, -0.1) is 0 Å². The minimum atomic E-state index is -1.01. The molecule has 0 aromatic heterocycles. The Hall–Kier alpha value is -3.06. The van der Waals surface area contributed by atoms with E-state index in [-0.39, 0.29) is 6.42 Å². The molecule has 0 saturated carbocycles. The van der Waals surface area contributed by atoms with Gasteiger partial charge in [0.25, 0.3) is 5.91 Å². The lowest BCUT2D eigenvalue weighted by Crippen LogP contribution is -2.36. The second kappa shape index (κ2) is 10.5. The number of benzene rings is 2. The standard InChI is InChI=1S/C21H24ClN3O4/c1-3-14-4-10-17(11-5-14)24-20(27)13(2)29-19(26)12-18(25-21(23)28)15-6-8-16(22)9-7-15/h4-11,13,18H,3,12H2,1-2H3,(H,24,27)(H3,23,25,28)/t13-,18+/m0/s1. The fourth-order valence-corrected chi connectivity index (χ4v) is 2.78. The molecule has 0 aliphatic heterocycles. The van der Waals surface area contributed by atoms with E-state index in [1.807, 2.05) is 19.1 Å². The summed E-state index contributed by atoms with van der Waals surface area (Å²) < 4.78 is 5.22. The molecule has 3 amide bonds. The van der Waals surface area contributed by atoms with Crippen molar-refractivity contribution >= 4 is 35.2 Å². The lowest BCUT2D eigenvalue weighted by atomic mass is 10.0. The molecule has 0 heterocycles. The van der Waals surface area contributed by atoms with Crippen LogP contribution in [0.5, 0.6) is 0 Å². The highest BCUT2D eigenvalue weighted by molar-refractivity contribution is 6.30. The molecule has 0 saturated heterocycles. The molecule has 0 fully saturated rings. The third kappa shape index (κ3) is 7.12. The van der Waals surface area contributed by atoms with E-state index < -0.39 is 30.1 Å². The van der Waals surface area contributed by atoms with Gasteiger partial charge in [0.1, 0.15) is 0 Å². The highest BCUT2D eigenvalue weighted by Crippen LogP contribution is 2.20. The maximum atomic E-state index is 12.3. The summed E-state index contributed by atoms with van der Waals surface area (Å²) in [5.41, 5.74) is 7.60. The molecule has 0 aliphatic carbocycles. The Labute approximate surface area is 174 Å². The normalized spacial score (nSPS) is 12.5. The van der Waals surface area contributed by atoms with Crippen LogP contribution in [0.4, 0.5) is 10.5 Å². The molecule has 8 heteroatoms. The summed E-state index contributed by atoms with van der Waals surface area (Å²) in [5, 5.41) is 5.72. The molecular weight excluding hydrogens is 394 g/mol. The number of urea groups is 1. The van der Waals surface area contributed by atoms with Gasteiger partial charge in [-0.25, -0.2) is 4.79 Å². The maximum absolute atomic E-state index is 12.3. The summed E-state index contributed by atoms with van der Waals surface area (Å²) in [6, 6.07) is 12.6. The van der Waals surface area contributed by atoms with Crippen LogP contribution in [0.25, 0.3) is 0 Å². The molecular formula is C21H24ClN3O4. The van der Waals surface area contributed by atoms with Gasteiger partial charge in [-0.1, -0.05) is 42.8 Å². The molecule has 7 nitrogen and oxygen atoms in total. The molecule has 0 unspecified atom stereocenters. The zero-order valence-electron chi connectivity index (χ0n) is 16.3. The van der Waals surface area contributed by atoms with E-state index in [4.69, 9.17) is 22.1 Å². The van der Waals surface area contributed by atoms with Crippen molar-refractivity contribution in [3.05, 3.63) is 64.7 Å². The number of amides is 3. The van der Waals surface area contributed by atoms with Crippen LogP contribution in [0.2, 0.25) is 5.02 Å². The SMILES string of the molecule is CCc1ccc(NC(=O)[C@H](C)OC(=O)C[C@@H](NC(N)=O)c2ccc(Cl)cc2)cc1. The summed E-state index contributed by atoms with van der Waals surface area (Å²) in [5.74, 6) is -1.10. The Morgan fingerprint density at radius 2 is 1.69 bits per heavy atom. The number of esters is 1. The molecule has 0 aliphatic rings. The Bertz CT molecular complexity index is 853. The van der Waals surface area contributed by atoms with Crippen molar-refractivity contribution in [3.63, 3.8) is 0 Å². The first-order valence-electron chi connectivity index (χ1n) is 9.19. The molecule has 2 aromatic carbocycles. The zero-order chi connectivity index (χ0) is 21.4. The predicted molar refractivity (Wildman–Crippen MR) is 112 cm³/mol. The summed E-state index contributed by atoms with van der Waals surface area (Å²) in [4.78, 5) is 35.9. The van der Waals surface area contributed by atoms with Crippen molar-refractivity contribution < 1.29 is 19.1 Å². The second-order valence-electron chi connectivity index (χ2n) is 6.49. The zero-order valence-corrected chi connectivity index (χ0v) is 17.0. The Balaban J connectivity index is 1.95. The number of carbonyl (C=O) groups excluding carboxylic acids is 3. The molecule has 154 valence electrons. The van der Waals surface area contributed by atoms with Crippen LogP contribution in [0.1, 0.15) is 37.4 Å². The minimum Gasteiger partial charge on any atom is -0.452 e. The number of nitrogens with two attached hydrogens (primary N) is 1. The smallest absolute Gasteiger partial charge is 0.312 e. The van der Waals surface area contributed by atoms with Gasteiger partial charge >= 0.3 is 12.0 Å². The highest BCUT2D eigenvalue weighted by Gasteiger charge is 2.23. The van der Waals surface area contributed by atoms with Gasteiger partial charge in [0, 0.05) is 10.7 Å². The van der Waals surface area contributed by atoms with Crippen LogP contribution in [-0.4, -0.2) is 24.0 Å². The molecule has 2 atom stereocenters. The summed E-state index contributed by atoms with van der Waals surface area (Å²) in [7, 11) is 0. The van der Waals surface area contributed by atoms with Gasteiger partial charge in [-0.2, -0.15) is 0 Å². The van der Waals surface area contributed by atoms with Crippen molar-refractivity contribution in [2.75, 3.05) is 5.32 Å². The van der Waals surface area contributed by atoms with E-state index in [0.717, 1.165) is 12.0 Å². The highest BCUT2D eigenvalue weighted by atomic mass is 35.5. The molecule has 0 spiro atoms. The topological polar surface area (TPSA) is 111 Å². The van der Waals surface area contributed by atoms with E-state index in [1.54, 1.807) is 36.4 Å². The van der Waals surface area contributed by atoms with Crippen LogP contribution < -0.4 is 16.4 Å². The molecule has 0 radical (unpaired) electrons. The van der Waals surface area contributed by atoms with Gasteiger partial charge in [-0.3, -0.25) is 9.59 Å². The first kappa shape index (κ1) is 22.2. The molecule has 29 heavy (non-hydrogen) atoms. The first-order chi connectivity index (χ1) is 13.8. The van der Waals surface area contributed by atoms with Crippen molar-refractivity contribution in [3.8, 4) is 0 Å². The van der Waals surface area contributed by atoms with E-state index in [2.05, 4.69) is 10.6 Å². The molecule has 0 bridgehead atoms. The van der Waals surface area contributed by atoms with Crippen molar-refractivity contribution in [2.24, 2.45) is 5.73 Å². The number of halogens is 1. The van der Waals surface area contributed by atoms with E-state index in [9.17, 15) is 14.4 Å². The molecule has 2 aromatic rings. The van der Waals surface area contributed by atoms with Crippen LogP contribution in [0.3, 0.4) is 0 Å². The van der Waals surface area contributed by atoms with Gasteiger partial charge in [0.15, 0.2) is 6.10 Å². The lowest BCUT2D eigenvalue weighted by Gasteiger charge is -2.19. The number of nitrogens with one attached hydrogen (secondary N) is 2. The van der Waals surface area contributed by atoms with Gasteiger partial charge in [0.2, 0.25) is 0 Å². The number of rotatable bonds is 8. The van der Waals surface area contributed by atoms with Gasteiger partial charge < -0.3 is 21.1 Å². The summed E-state index contributed by atoms with van der Waals surface area (Å²) in [6.45, 7) is 3.52. The molecule has 2 rings (SSSR count). The average molecular weight is 418 g/mol. The largest absolute Gasteiger partial charge is 0.452 e. The Morgan fingerprint density at radius 3 is 2.24 bits per heavy atom. The van der Waals surface area contributed by atoms with Crippen LogP contribution >= 0.6 is 11.6 Å². The quantitative estimate of drug-likeness (QED) is 0.570. The van der Waals surface area contributed by atoms with Crippen molar-refractivity contribution in [2.45, 2.75) is 38.8 Å². The third-order valence-electron chi connectivity index (χ3n) is 4.27. The first-order valence-corrected chi connectivity index (χ1v) is 9.57. The van der Waals surface area contributed by atoms with E-state index >= 15 is 0 Å². The van der Waals surface area contributed by atoms with E-state index in [1.165, 1.54) is 6.92 Å². The summed E-state index contributed by atoms with van der Waals surface area (Å²) >= 11 is 5.87. The predicted octanol–water partition coefficient (Wildman–Crippen LogP) is 3.57.